The van der Waals surface area contributed by atoms with Gasteiger partial charge in [-0.15, -0.1) is 0 Å². The molecule has 18 heteroatoms. The first-order valence-corrected chi connectivity index (χ1v) is 32.2. The van der Waals surface area contributed by atoms with Crippen LogP contribution in [0.2, 0.25) is 0 Å². The normalized spacial score (nSPS) is 25.7. The van der Waals surface area contributed by atoms with Gasteiger partial charge in [0.15, 0.2) is 11.6 Å². The maximum atomic E-state index is 16.7. The number of carbonyl (C=O) groups excluding carboxylic acids is 3. The molecule has 1 aliphatic carbocycles. The van der Waals surface area contributed by atoms with E-state index in [0.717, 1.165) is 179 Å². The second-order valence-corrected chi connectivity index (χ2v) is 25.9. The molecule has 11 rings (SSSR count). The van der Waals surface area contributed by atoms with Crippen LogP contribution in [0.15, 0.2) is 65.8 Å². The van der Waals surface area contributed by atoms with Gasteiger partial charge in [0.25, 0.3) is 0 Å². The Morgan fingerprint density at radius 2 is 1.53 bits per heavy atom. The summed E-state index contributed by atoms with van der Waals surface area (Å²) in [5.74, 6) is 1.15. The third-order valence-corrected chi connectivity index (χ3v) is 19.6. The lowest BCUT2D eigenvalue weighted by atomic mass is 9.88. The van der Waals surface area contributed by atoms with Crippen LogP contribution >= 0.6 is 0 Å². The first-order valence-electron chi connectivity index (χ1n) is 32.2. The molecule has 3 aromatic carbocycles. The van der Waals surface area contributed by atoms with Crippen molar-refractivity contribution in [1.29, 1.82) is 0 Å². The number of aromatic amines is 1. The molecule has 6 saturated heterocycles. The summed E-state index contributed by atoms with van der Waals surface area (Å²) in [7, 11) is 7.87. The van der Waals surface area contributed by atoms with Gasteiger partial charge in [-0.05, 0) is 202 Å². The summed E-state index contributed by atoms with van der Waals surface area (Å²) >= 11 is 0. The summed E-state index contributed by atoms with van der Waals surface area (Å²) in [5, 5.41) is 13.5. The number of ether oxygens (including phenoxy) is 1. The summed E-state index contributed by atoms with van der Waals surface area (Å²) in [6, 6.07) is 14.7. The molecule has 9 atom stereocenters. The number of amides is 3. The van der Waals surface area contributed by atoms with E-state index in [2.05, 4.69) is 85.1 Å². The molecule has 85 heavy (non-hydrogen) atoms. The molecule has 0 radical (unpaired) electrons. The van der Waals surface area contributed by atoms with E-state index in [1.54, 1.807) is 19.1 Å². The van der Waals surface area contributed by atoms with E-state index in [1.165, 1.54) is 0 Å². The van der Waals surface area contributed by atoms with Gasteiger partial charge >= 0.3 is 0 Å². The predicted molar refractivity (Wildman–Crippen MR) is 336 cm³/mol. The van der Waals surface area contributed by atoms with Crippen molar-refractivity contribution in [3.8, 4) is 0 Å². The van der Waals surface area contributed by atoms with Gasteiger partial charge in [0.1, 0.15) is 23.4 Å². The third kappa shape index (κ3) is 13.7. The lowest BCUT2D eigenvalue weighted by Crippen LogP contribution is -2.57. The Bertz CT molecular complexity index is 2960. The van der Waals surface area contributed by atoms with Gasteiger partial charge in [-0.25, -0.2) is 13.8 Å². The van der Waals surface area contributed by atoms with Crippen LogP contribution in [0.1, 0.15) is 170 Å². The number of halogens is 2. The average molecular weight is 1170 g/mol. The monoisotopic (exact) mass is 1170 g/mol. The highest BCUT2D eigenvalue weighted by molar-refractivity contribution is 5.92. The van der Waals surface area contributed by atoms with Crippen LogP contribution in [0, 0.1) is 36.3 Å². The molecule has 7 fully saturated rings. The maximum absolute atomic E-state index is 16.7. The molecule has 1 aromatic heterocycles. The molecule has 6 aliphatic heterocycles. The molecule has 7 heterocycles. The third-order valence-electron chi connectivity index (χ3n) is 19.6. The molecule has 1 saturated carbocycles. The molecular weight excluding hydrogens is 1070 g/mol. The minimum atomic E-state index is -0.620. The number of amidine groups is 1. The number of unbranched alkanes of at least 4 members (excludes halogenated alkanes) is 1. The number of hydrogen-bond acceptors (Lipinski definition) is 11. The number of anilines is 3. The molecule has 7 aliphatic rings. The minimum Gasteiger partial charge on any atom is -0.381 e. The standard InChI is InChI=1S/C64H87F2N11O4.C3H9N/c1-6-7-13-47-17-20-54(76(47)63(67-5)59(71-41(4)79)42-23-27-68-28-24-42)40(3)70-51-18-15-45(33-39(51)2)56-21-22-57(75(56)48-36-49(65)61(50(66)37-48)74-29-9-8-10-30-74)46-16-19-52-53(34-46)73-62(72-52)58-35-44-12-11-14-55(44)77(58)64(80)60(69-38-78)43-25-31-81-32-26-43;1-4(2)3/h15-16,18-19,33-34,36-38,42-44,47,54-60,68,70H,3,6-14,17,20-32,35H2,1-2,4-5H3,(H,69,78)(H,71,79)(H,72,73);1-3H3/t44?,47-,54-,55?,56?,57+,58?,59?,60-;/m0./s1. The zero-order chi connectivity index (χ0) is 59.9. The summed E-state index contributed by atoms with van der Waals surface area (Å²) in [5.41, 5.74) is 7.13. The number of benzene rings is 3. The van der Waals surface area contributed by atoms with E-state index in [0.29, 0.717) is 44.3 Å². The number of fused-ring (bicyclic) bond motifs is 2. The Morgan fingerprint density at radius 1 is 0.847 bits per heavy atom. The molecule has 5 unspecified atom stereocenters. The van der Waals surface area contributed by atoms with E-state index in [-0.39, 0.29) is 71.6 Å². The quantitative estimate of drug-likeness (QED) is 0.0366. The predicted octanol–water partition coefficient (Wildman–Crippen LogP) is 10.9. The van der Waals surface area contributed by atoms with E-state index in [9.17, 15) is 14.4 Å². The number of H-pyrrole nitrogens is 1. The van der Waals surface area contributed by atoms with Crippen LogP contribution in [0.3, 0.4) is 0 Å². The highest BCUT2D eigenvalue weighted by Crippen LogP contribution is 2.51. The van der Waals surface area contributed by atoms with Crippen LogP contribution in [0.4, 0.5) is 25.8 Å². The summed E-state index contributed by atoms with van der Waals surface area (Å²) in [4.78, 5) is 64.0. The number of hydrogen-bond donors (Lipinski definition) is 5. The van der Waals surface area contributed by atoms with Crippen molar-refractivity contribution in [2.24, 2.45) is 22.7 Å². The topological polar surface area (TPSA) is 166 Å². The Balaban J connectivity index is 0.00000195. The summed E-state index contributed by atoms with van der Waals surface area (Å²) in [6.07, 6.45) is 17.4. The number of rotatable bonds is 18. The fourth-order valence-corrected chi connectivity index (χ4v) is 15.7. The van der Waals surface area contributed by atoms with Crippen molar-refractivity contribution >= 4 is 52.2 Å². The van der Waals surface area contributed by atoms with E-state index < -0.39 is 17.7 Å². The number of imidazole rings is 1. The first kappa shape index (κ1) is 62.0. The Hall–Kier alpha value is -6.11. The van der Waals surface area contributed by atoms with Gasteiger partial charge < -0.3 is 55.5 Å². The largest absolute Gasteiger partial charge is 0.381 e. The molecule has 3 amide bonds. The van der Waals surface area contributed by atoms with Crippen molar-refractivity contribution in [3.05, 3.63) is 95.0 Å². The van der Waals surface area contributed by atoms with Gasteiger partial charge in [0, 0.05) is 69.4 Å². The van der Waals surface area contributed by atoms with E-state index >= 15 is 8.78 Å². The van der Waals surface area contributed by atoms with Crippen molar-refractivity contribution in [1.82, 2.24) is 40.6 Å². The molecule has 4 aromatic rings. The summed E-state index contributed by atoms with van der Waals surface area (Å²) in [6.45, 7) is 14.9. The van der Waals surface area contributed by atoms with Crippen LogP contribution in [0.25, 0.3) is 11.0 Å². The van der Waals surface area contributed by atoms with Crippen molar-refractivity contribution in [2.45, 2.75) is 185 Å². The molecule has 0 spiro atoms. The Labute approximate surface area is 503 Å². The minimum absolute atomic E-state index is 0.00279. The van der Waals surface area contributed by atoms with Crippen molar-refractivity contribution < 1.29 is 27.9 Å². The molecule has 5 N–H and O–H groups in total. The van der Waals surface area contributed by atoms with E-state index in [4.69, 9.17) is 21.3 Å². The average Bonchev–Trinajstić information content (AvgIpc) is 2.77. The Kier molecular flexibility index (Phi) is 20.5. The van der Waals surface area contributed by atoms with Gasteiger partial charge in [0.2, 0.25) is 18.2 Å². The second kappa shape index (κ2) is 28.2. The van der Waals surface area contributed by atoms with Crippen LogP contribution < -0.4 is 31.1 Å². The number of aryl methyl sites for hydroxylation is 1. The number of nitrogens with one attached hydrogen (secondary N) is 5. The van der Waals surface area contributed by atoms with Crippen molar-refractivity contribution in [2.75, 3.05) is 82.7 Å². The van der Waals surface area contributed by atoms with Crippen LogP contribution in [-0.2, 0) is 19.1 Å². The lowest BCUT2D eigenvalue weighted by molar-refractivity contribution is -0.140. The molecular formula is C67H96F2N12O4. The molecule has 0 bridgehead atoms. The number of nitrogens with zero attached hydrogens (tertiary/aromatic N) is 7. The fourth-order valence-electron chi connectivity index (χ4n) is 15.7. The van der Waals surface area contributed by atoms with Gasteiger partial charge in [-0.3, -0.25) is 19.4 Å². The van der Waals surface area contributed by atoms with Gasteiger partial charge in [0.05, 0.1) is 41.2 Å². The number of aromatic nitrogens is 2. The van der Waals surface area contributed by atoms with Gasteiger partial charge in [-0.1, -0.05) is 51.0 Å². The number of aliphatic imine (C=N–C) groups is 1. The number of likely N-dealkylation sites (tertiary alicyclic amines) is 2. The highest BCUT2D eigenvalue weighted by atomic mass is 19.1. The van der Waals surface area contributed by atoms with E-state index in [1.807, 2.05) is 44.1 Å². The van der Waals surface area contributed by atoms with Gasteiger partial charge in [-0.2, -0.15) is 0 Å². The SMILES string of the molecule is C=C(Nc1ccc(C2CC[C@H](c3ccc4nc(C5CC6CCCC6N5C(=O)[C@@H](NC=O)C5CCOCC5)[nH]c4c3)N2c2cc(F)c(N3CCCCC3)c(F)c2)cc1C)[C@@H]1CC[C@H](CCCC)N1C(=NC)C(NC(C)=O)C1CCNCC1.CN(C)C. The number of carbonyl (C=O) groups is 3. The molecule has 462 valence electrons. The summed E-state index contributed by atoms with van der Waals surface area (Å²) < 4.78 is 39.0. The highest BCUT2D eigenvalue weighted by Gasteiger charge is 2.50. The Morgan fingerprint density at radius 3 is 2.19 bits per heavy atom. The lowest BCUT2D eigenvalue weighted by Gasteiger charge is -2.41. The van der Waals surface area contributed by atoms with Crippen LogP contribution in [0.5, 0.6) is 0 Å². The maximum Gasteiger partial charge on any atom is 0.246 e. The van der Waals surface area contributed by atoms with Crippen LogP contribution in [-0.4, -0.2) is 147 Å². The molecule has 16 nitrogen and oxygen atoms in total. The zero-order valence-electron chi connectivity index (χ0n) is 51.7. The zero-order valence-corrected chi connectivity index (χ0v) is 51.7. The smallest absolute Gasteiger partial charge is 0.246 e. The fraction of sp³-hybridized carbons (Fsp3) is 0.627. The second-order valence-electron chi connectivity index (χ2n) is 25.9. The first-order chi connectivity index (χ1) is 41.2. The number of piperidine rings is 2. The van der Waals surface area contributed by atoms with Crippen molar-refractivity contribution in [3.63, 3.8) is 0 Å².